The summed E-state index contributed by atoms with van der Waals surface area (Å²) in [6.45, 7) is 0. The highest BCUT2D eigenvalue weighted by Gasteiger charge is 2.30. The minimum Gasteiger partial charge on any atom is -0.365 e. The Balaban J connectivity index is 1.63. The van der Waals surface area contributed by atoms with E-state index in [-0.39, 0.29) is 17.9 Å². The maximum atomic E-state index is 12.1. The molecule has 2 aromatic rings. The molecule has 1 saturated carbocycles. The van der Waals surface area contributed by atoms with Gasteiger partial charge in [0.1, 0.15) is 10.8 Å². The van der Waals surface area contributed by atoms with Crippen LogP contribution in [0, 0.1) is 5.92 Å². The molecule has 132 valence electrons. The molecule has 2 atom stereocenters. The van der Waals surface area contributed by atoms with Crippen LogP contribution in [0.1, 0.15) is 31.2 Å². The van der Waals surface area contributed by atoms with E-state index in [1.807, 2.05) is 18.2 Å². The number of anilines is 1. The fourth-order valence-electron chi connectivity index (χ4n) is 3.21. The second-order valence-corrected chi connectivity index (χ2v) is 7.27. The van der Waals surface area contributed by atoms with E-state index < -0.39 is 0 Å². The first-order chi connectivity index (χ1) is 12.3. The van der Waals surface area contributed by atoms with Crippen LogP contribution in [0.3, 0.4) is 0 Å². The van der Waals surface area contributed by atoms with Crippen LogP contribution in [-0.2, 0) is 10.5 Å². The number of benzene rings is 1. The van der Waals surface area contributed by atoms with Crippen molar-refractivity contribution in [1.29, 1.82) is 0 Å². The van der Waals surface area contributed by atoms with Gasteiger partial charge in [-0.05, 0) is 18.4 Å². The summed E-state index contributed by atoms with van der Waals surface area (Å²) < 4.78 is 0. The number of nitrogens with zero attached hydrogens (tertiary/aromatic N) is 2. The van der Waals surface area contributed by atoms with Crippen molar-refractivity contribution in [2.75, 3.05) is 12.4 Å². The molecule has 2 N–H and O–H groups in total. The predicted octanol–water partition coefficient (Wildman–Crippen LogP) is 3.49. The Labute approximate surface area is 153 Å². The lowest BCUT2D eigenvalue weighted by Crippen LogP contribution is -2.42. The van der Waals surface area contributed by atoms with Crippen molar-refractivity contribution in [3.05, 3.63) is 48.3 Å². The van der Waals surface area contributed by atoms with E-state index in [1.54, 1.807) is 31.2 Å². The summed E-state index contributed by atoms with van der Waals surface area (Å²) >= 11 is 1.67. The standard InChI is InChI=1S/C19H24N4OS/c1-20-19(24)15-9-5-6-10-16(15)22-17-11-21-12-18(23-17)25-13-14-7-3-2-4-8-14/h2-4,7-8,11-12,15-16H,5-6,9-10,13H2,1H3,(H,20,24)(H,22,23). The Morgan fingerprint density at radius 3 is 2.80 bits per heavy atom. The van der Waals surface area contributed by atoms with Gasteiger partial charge < -0.3 is 10.6 Å². The summed E-state index contributed by atoms with van der Waals surface area (Å²) in [4.78, 5) is 21.1. The Morgan fingerprint density at radius 2 is 2.00 bits per heavy atom. The molecule has 1 aromatic heterocycles. The summed E-state index contributed by atoms with van der Waals surface area (Å²) in [7, 11) is 1.70. The number of hydrogen-bond donors (Lipinski definition) is 2. The third-order valence-electron chi connectivity index (χ3n) is 4.52. The van der Waals surface area contributed by atoms with E-state index >= 15 is 0 Å². The van der Waals surface area contributed by atoms with Crippen LogP contribution in [0.2, 0.25) is 0 Å². The lowest BCUT2D eigenvalue weighted by molar-refractivity contribution is -0.125. The number of hydrogen-bond acceptors (Lipinski definition) is 5. The van der Waals surface area contributed by atoms with Crippen molar-refractivity contribution >= 4 is 23.5 Å². The molecule has 25 heavy (non-hydrogen) atoms. The molecule has 1 aromatic carbocycles. The molecule has 0 radical (unpaired) electrons. The molecule has 1 heterocycles. The van der Waals surface area contributed by atoms with E-state index in [9.17, 15) is 4.79 Å². The zero-order valence-electron chi connectivity index (χ0n) is 14.4. The maximum absolute atomic E-state index is 12.1. The highest BCUT2D eigenvalue weighted by Crippen LogP contribution is 2.28. The van der Waals surface area contributed by atoms with E-state index in [4.69, 9.17) is 0 Å². The van der Waals surface area contributed by atoms with Crippen LogP contribution in [0.25, 0.3) is 0 Å². The van der Waals surface area contributed by atoms with Crippen LogP contribution in [0.15, 0.2) is 47.8 Å². The lowest BCUT2D eigenvalue weighted by Gasteiger charge is -2.31. The summed E-state index contributed by atoms with van der Waals surface area (Å²) in [6, 6.07) is 10.4. The lowest BCUT2D eigenvalue weighted by atomic mass is 9.84. The number of carbonyl (C=O) groups excluding carboxylic acids is 1. The van der Waals surface area contributed by atoms with Gasteiger partial charge in [-0.3, -0.25) is 9.78 Å². The Morgan fingerprint density at radius 1 is 1.20 bits per heavy atom. The normalized spacial score (nSPS) is 20.0. The van der Waals surface area contributed by atoms with Crippen molar-refractivity contribution in [1.82, 2.24) is 15.3 Å². The number of rotatable bonds is 6. The second-order valence-electron chi connectivity index (χ2n) is 6.27. The van der Waals surface area contributed by atoms with Gasteiger partial charge in [0.05, 0.1) is 18.3 Å². The summed E-state index contributed by atoms with van der Waals surface area (Å²) in [5.41, 5.74) is 1.26. The van der Waals surface area contributed by atoms with Gasteiger partial charge in [0.25, 0.3) is 0 Å². The van der Waals surface area contributed by atoms with Crippen molar-refractivity contribution in [3.8, 4) is 0 Å². The minimum atomic E-state index is 0.00109. The molecule has 0 spiro atoms. The Bertz CT molecular complexity index is 695. The molecule has 1 aliphatic carbocycles. The van der Waals surface area contributed by atoms with Crippen LogP contribution in [0.4, 0.5) is 5.82 Å². The molecule has 1 fully saturated rings. The third kappa shape index (κ3) is 4.95. The molecule has 1 amide bonds. The smallest absolute Gasteiger partial charge is 0.224 e. The first-order valence-corrected chi connectivity index (χ1v) is 9.71. The fourth-order valence-corrected chi connectivity index (χ4v) is 4.02. The largest absolute Gasteiger partial charge is 0.365 e. The van der Waals surface area contributed by atoms with Crippen molar-refractivity contribution in [3.63, 3.8) is 0 Å². The van der Waals surface area contributed by atoms with Crippen molar-refractivity contribution < 1.29 is 4.79 Å². The molecular weight excluding hydrogens is 332 g/mol. The Kier molecular flexibility index (Phi) is 6.28. The van der Waals surface area contributed by atoms with Gasteiger partial charge in [0.2, 0.25) is 5.91 Å². The quantitative estimate of drug-likeness (QED) is 0.776. The molecular formula is C19H24N4OS. The van der Waals surface area contributed by atoms with Crippen LogP contribution >= 0.6 is 11.8 Å². The van der Waals surface area contributed by atoms with Gasteiger partial charge in [-0.1, -0.05) is 43.2 Å². The molecule has 0 saturated heterocycles. The minimum absolute atomic E-state index is 0.00109. The number of aromatic nitrogens is 2. The van der Waals surface area contributed by atoms with Crippen LogP contribution in [-0.4, -0.2) is 29.0 Å². The molecule has 0 bridgehead atoms. The zero-order valence-corrected chi connectivity index (χ0v) is 15.3. The van der Waals surface area contributed by atoms with Crippen molar-refractivity contribution in [2.24, 2.45) is 5.92 Å². The van der Waals surface area contributed by atoms with Gasteiger partial charge in [-0.15, -0.1) is 11.8 Å². The van der Waals surface area contributed by atoms with Crippen LogP contribution in [0.5, 0.6) is 0 Å². The highest BCUT2D eigenvalue weighted by atomic mass is 32.2. The van der Waals surface area contributed by atoms with E-state index in [0.717, 1.165) is 42.3 Å². The summed E-state index contributed by atoms with van der Waals surface area (Å²) in [5, 5.41) is 7.11. The first-order valence-electron chi connectivity index (χ1n) is 8.73. The van der Waals surface area contributed by atoms with Gasteiger partial charge in [-0.25, -0.2) is 4.98 Å². The zero-order chi connectivity index (χ0) is 17.5. The van der Waals surface area contributed by atoms with E-state index in [0.29, 0.717) is 0 Å². The van der Waals surface area contributed by atoms with E-state index in [1.165, 1.54) is 5.56 Å². The molecule has 5 nitrogen and oxygen atoms in total. The number of amides is 1. The fraction of sp³-hybridized carbons (Fsp3) is 0.421. The number of thioether (sulfide) groups is 1. The molecule has 2 unspecified atom stereocenters. The number of carbonyl (C=O) groups is 1. The van der Waals surface area contributed by atoms with Crippen LogP contribution < -0.4 is 10.6 Å². The maximum Gasteiger partial charge on any atom is 0.224 e. The molecule has 3 rings (SSSR count). The van der Waals surface area contributed by atoms with E-state index in [2.05, 4.69) is 32.7 Å². The third-order valence-corrected chi connectivity index (χ3v) is 5.49. The van der Waals surface area contributed by atoms with Gasteiger partial charge in [-0.2, -0.15) is 0 Å². The number of nitrogens with one attached hydrogen (secondary N) is 2. The highest BCUT2D eigenvalue weighted by molar-refractivity contribution is 7.98. The SMILES string of the molecule is CNC(=O)C1CCCCC1Nc1cncc(SCc2ccccc2)n1. The Hall–Kier alpha value is -2.08. The monoisotopic (exact) mass is 356 g/mol. The average molecular weight is 356 g/mol. The second kappa shape index (κ2) is 8.85. The summed E-state index contributed by atoms with van der Waals surface area (Å²) in [5.74, 6) is 1.73. The van der Waals surface area contributed by atoms with Gasteiger partial charge >= 0.3 is 0 Å². The average Bonchev–Trinajstić information content (AvgIpc) is 2.67. The molecule has 6 heteroatoms. The topological polar surface area (TPSA) is 66.9 Å². The van der Waals surface area contributed by atoms with Gasteiger partial charge in [0.15, 0.2) is 0 Å². The molecule has 0 aliphatic heterocycles. The van der Waals surface area contributed by atoms with Crippen molar-refractivity contribution in [2.45, 2.75) is 42.5 Å². The first kappa shape index (κ1) is 17.7. The predicted molar refractivity (Wildman–Crippen MR) is 101 cm³/mol. The van der Waals surface area contributed by atoms with Gasteiger partial charge in [0, 0.05) is 18.8 Å². The molecule has 1 aliphatic rings. The summed E-state index contributed by atoms with van der Waals surface area (Å²) in [6.07, 6.45) is 7.68.